The van der Waals surface area contributed by atoms with E-state index in [9.17, 15) is 0 Å². The van der Waals surface area contributed by atoms with Crippen LogP contribution in [0.2, 0.25) is 0 Å². The first-order chi connectivity index (χ1) is 9.31. The molecule has 2 nitrogen and oxygen atoms in total. The van der Waals surface area contributed by atoms with Gasteiger partial charge in [-0.15, -0.1) is 0 Å². The van der Waals surface area contributed by atoms with Gasteiger partial charge in [-0.2, -0.15) is 0 Å². The van der Waals surface area contributed by atoms with Gasteiger partial charge in [0.05, 0.1) is 12.6 Å². The summed E-state index contributed by atoms with van der Waals surface area (Å²) < 4.78 is 5.26. The third-order valence-corrected chi connectivity index (χ3v) is 3.09. The molecule has 1 atom stereocenters. The molecule has 0 fully saturated rings. The first kappa shape index (κ1) is 13.5. The fraction of sp³-hybridized carbons (Fsp3) is 0.235. The quantitative estimate of drug-likeness (QED) is 0.743. The molecule has 0 amide bonds. The van der Waals surface area contributed by atoms with Gasteiger partial charge in [0.25, 0.3) is 0 Å². The summed E-state index contributed by atoms with van der Waals surface area (Å²) in [5.74, 6) is 0. The predicted molar refractivity (Wildman–Crippen MR) is 79.8 cm³/mol. The van der Waals surface area contributed by atoms with Crippen LogP contribution in [0.1, 0.15) is 22.7 Å². The zero-order valence-electron chi connectivity index (χ0n) is 11.4. The van der Waals surface area contributed by atoms with Crippen LogP contribution in [0, 0.1) is 6.92 Å². The lowest BCUT2D eigenvalue weighted by Gasteiger charge is -2.11. The van der Waals surface area contributed by atoms with E-state index in [0.29, 0.717) is 6.61 Å². The smallest absolute Gasteiger partial charge is 0.0982 e. The zero-order valence-corrected chi connectivity index (χ0v) is 11.4. The van der Waals surface area contributed by atoms with Crippen LogP contribution in [0.25, 0.3) is 0 Å². The van der Waals surface area contributed by atoms with Gasteiger partial charge in [0.15, 0.2) is 0 Å². The molecule has 0 saturated heterocycles. The Labute approximate surface area is 114 Å². The number of nitrogens with zero attached hydrogens (tertiary/aromatic N) is 1. The molecule has 0 bridgehead atoms. The minimum atomic E-state index is 0.0470. The third-order valence-electron chi connectivity index (χ3n) is 3.09. The average Bonchev–Trinajstić information content (AvgIpc) is 2.46. The van der Waals surface area contributed by atoms with Crippen LogP contribution in [0.5, 0.6) is 0 Å². The lowest BCUT2D eigenvalue weighted by molar-refractivity contribution is 0.182. The standard InChI is InChI=1S/C17H19NO/c1-14-8-6-7-11-16(14)12-18-17(13-19-2)15-9-4-3-5-10-15/h3-12,17H,13H2,1-2H3/t17-/m0/s1. The SMILES string of the molecule is COC[C@H](N=Cc1ccccc1C)c1ccccc1. The maximum Gasteiger partial charge on any atom is 0.0982 e. The van der Waals surface area contributed by atoms with Crippen molar-refractivity contribution in [1.82, 2.24) is 0 Å². The minimum absolute atomic E-state index is 0.0470. The normalized spacial score (nSPS) is 12.7. The monoisotopic (exact) mass is 253 g/mol. The Bertz CT molecular complexity index is 534. The topological polar surface area (TPSA) is 21.6 Å². The Hall–Kier alpha value is -1.93. The Morgan fingerprint density at radius 1 is 1.05 bits per heavy atom. The highest BCUT2D eigenvalue weighted by molar-refractivity contribution is 5.81. The minimum Gasteiger partial charge on any atom is -0.382 e. The molecule has 0 aliphatic heterocycles. The molecular weight excluding hydrogens is 234 g/mol. The number of aryl methyl sites for hydroxylation is 1. The zero-order chi connectivity index (χ0) is 13.5. The van der Waals surface area contributed by atoms with Gasteiger partial charge < -0.3 is 4.74 Å². The molecule has 2 heteroatoms. The summed E-state index contributed by atoms with van der Waals surface area (Å²) in [7, 11) is 1.71. The van der Waals surface area contributed by atoms with Gasteiger partial charge in [-0.1, -0.05) is 54.6 Å². The molecule has 0 aromatic heterocycles. The first-order valence-corrected chi connectivity index (χ1v) is 6.44. The summed E-state index contributed by atoms with van der Waals surface area (Å²) in [6.07, 6.45) is 1.94. The van der Waals surface area contributed by atoms with Crippen molar-refractivity contribution in [3.8, 4) is 0 Å². The predicted octanol–water partition coefficient (Wildman–Crippen LogP) is 3.80. The highest BCUT2D eigenvalue weighted by Crippen LogP contribution is 2.17. The molecule has 19 heavy (non-hydrogen) atoms. The van der Waals surface area contributed by atoms with E-state index < -0.39 is 0 Å². The second-order valence-electron chi connectivity index (χ2n) is 4.52. The second-order valence-corrected chi connectivity index (χ2v) is 4.52. The van der Waals surface area contributed by atoms with Crippen LogP contribution >= 0.6 is 0 Å². The summed E-state index contributed by atoms with van der Waals surface area (Å²) in [6.45, 7) is 2.68. The van der Waals surface area contributed by atoms with E-state index in [1.54, 1.807) is 7.11 Å². The Kier molecular flexibility index (Phi) is 4.87. The largest absolute Gasteiger partial charge is 0.382 e. The number of benzene rings is 2. The molecule has 2 rings (SSSR count). The Morgan fingerprint density at radius 3 is 2.42 bits per heavy atom. The number of aliphatic imine (C=N–C) groups is 1. The fourth-order valence-corrected chi connectivity index (χ4v) is 1.96. The Morgan fingerprint density at radius 2 is 1.74 bits per heavy atom. The summed E-state index contributed by atoms with van der Waals surface area (Å²) >= 11 is 0. The van der Waals surface area contributed by atoms with E-state index >= 15 is 0 Å². The fourth-order valence-electron chi connectivity index (χ4n) is 1.96. The van der Waals surface area contributed by atoms with Crippen molar-refractivity contribution >= 4 is 6.21 Å². The lowest BCUT2D eigenvalue weighted by atomic mass is 10.1. The number of hydrogen-bond acceptors (Lipinski definition) is 2. The summed E-state index contributed by atoms with van der Waals surface area (Å²) in [5.41, 5.74) is 3.56. The number of rotatable bonds is 5. The molecule has 0 radical (unpaired) electrons. The highest BCUT2D eigenvalue weighted by atomic mass is 16.5. The molecule has 0 unspecified atom stereocenters. The van der Waals surface area contributed by atoms with Gasteiger partial charge >= 0.3 is 0 Å². The van der Waals surface area contributed by atoms with E-state index in [4.69, 9.17) is 4.74 Å². The molecule has 2 aromatic carbocycles. The van der Waals surface area contributed by atoms with Gasteiger partial charge in [0, 0.05) is 13.3 Å². The van der Waals surface area contributed by atoms with Gasteiger partial charge in [0.2, 0.25) is 0 Å². The maximum atomic E-state index is 5.26. The van der Waals surface area contributed by atoms with Gasteiger partial charge in [-0.3, -0.25) is 4.99 Å². The van der Waals surface area contributed by atoms with Gasteiger partial charge in [-0.05, 0) is 23.6 Å². The number of hydrogen-bond donors (Lipinski definition) is 0. The molecule has 0 spiro atoms. The van der Waals surface area contributed by atoms with E-state index in [-0.39, 0.29) is 6.04 Å². The van der Waals surface area contributed by atoms with Crippen molar-refractivity contribution in [2.75, 3.05) is 13.7 Å². The summed E-state index contributed by atoms with van der Waals surface area (Å²) in [4.78, 5) is 4.66. The molecule has 98 valence electrons. The molecule has 0 aliphatic carbocycles. The van der Waals surface area contributed by atoms with Crippen LogP contribution < -0.4 is 0 Å². The average molecular weight is 253 g/mol. The van der Waals surface area contributed by atoms with E-state index in [2.05, 4.69) is 36.2 Å². The summed E-state index contributed by atoms with van der Waals surface area (Å²) in [6, 6.07) is 18.5. The van der Waals surface area contributed by atoms with Crippen molar-refractivity contribution in [1.29, 1.82) is 0 Å². The van der Waals surface area contributed by atoms with E-state index in [0.717, 1.165) is 5.56 Å². The molecule has 2 aromatic rings. The molecular formula is C17H19NO. The molecule has 0 saturated carbocycles. The molecule has 0 heterocycles. The van der Waals surface area contributed by atoms with Crippen molar-refractivity contribution in [2.24, 2.45) is 4.99 Å². The van der Waals surface area contributed by atoms with Crippen LogP contribution in [-0.2, 0) is 4.74 Å². The Balaban J connectivity index is 2.20. The van der Waals surface area contributed by atoms with Crippen LogP contribution in [0.15, 0.2) is 59.6 Å². The van der Waals surface area contributed by atoms with Crippen molar-refractivity contribution in [3.63, 3.8) is 0 Å². The first-order valence-electron chi connectivity index (χ1n) is 6.44. The van der Waals surface area contributed by atoms with Crippen LogP contribution in [0.3, 0.4) is 0 Å². The summed E-state index contributed by atoms with van der Waals surface area (Å²) in [5, 5.41) is 0. The van der Waals surface area contributed by atoms with Crippen LogP contribution in [0.4, 0.5) is 0 Å². The van der Waals surface area contributed by atoms with Crippen LogP contribution in [-0.4, -0.2) is 19.9 Å². The van der Waals surface area contributed by atoms with E-state index in [1.165, 1.54) is 11.1 Å². The van der Waals surface area contributed by atoms with Crippen molar-refractivity contribution in [3.05, 3.63) is 71.3 Å². The van der Waals surface area contributed by atoms with Crippen molar-refractivity contribution < 1.29 is 4.74 Å². The van der Waals surface area contributed by atoms with Gasteiger partial charge in [0.1, 0.15) is 0 Å². The molecule has 0 N–H and O–H groups in total. The molecule has 0 aliphatic rings. The number of methoxy groups -OCH3 is 1. The number of ether oxygens (including phenoxy) is 1. The second kappa shape index (κ2) is 6.86. The highest BCUT2D eigenvalue weighted by Gasteiger charge is 2.08. The van der Waals surface area contributed by atoms with Crippen molar-refractivity contribution in [2.45, 2.75) is 13.0 Å². The van der Waals surface area contributed by atoms with E-state index in [1.807, 2.05) is 36.5 Å². The van der Waals surface area contributed by atoms with Gasteiger partial charge in [-0.25, -0.2) is 0 Å². The lowest BCUT2D eigenvalue weighted by Crippen LogP contribution is -2.04. The third kappa shape index (κ3) is 3.76. The maximum absolute atomic E-state index is 5.26.